The van der Waals surface area contributed by atoms with E-state index in [0.29, 0.717) is 18.1 Å². The lowest BCUT2D eigenvalue weighted by atomic mass is 9.84. The monoisotopic (exact) mass is 197 g/mol. The van der Waals surface area contributed by atoms with E-state index >= 15 is 0 Å². The molecule has 0 heterocycles. The van der Waals surface area contributed by atoms with Crippen LogP contribution in [0.3, 0.4) is 0 Å². The summed E-state index contributed by atoms with van der Waals surface area (Å²) >= 11 is 0. The molecule has 1 radical (unpaired) electrons. The molecule has 1 fully saturated rings. The summed E-state index contributed by atoms with van der Waals surface area (Å²) in [7, 11) is 0. The smallest absolute Gasteiger partial charge is 0.135 e. The Balaban J connectivity index is 2.07. The van der Waals surface area contributed by atoms with E-state index in [0.717, 1.165) is 32.1 Å². The number of unbranched alkanes of at least 4 members (excludes halogenated alkanes) is 2. The van der Waals surface area contributed by atoms with Crippen molar-refractivity contribution in [2.75, 3.05) is 6.61 Å². The highest BCUT2D eigenvalue weighted by atomic mass is 16.2. The molecule has 0 unspecified atom stereocenters. The molecule has 0 aromatic heterocycles. The fraction of sp³-hybridized carbons (Fsp3) is 0.917. The van der Waals surface area contributed by atoms with Crippen molar-refractivity contribution in [1.29, 1.82) is 0 Å². The van der Waals surface area contributed by atoms with Crippen LogP contribution < -0.4 is 0 Å². The number of carbonyl (C=O) groups is 1. The van der Waals surface area contributed by atoms with Crippen LogP contribution in [0.2, 0.25) is 0 Å². The number of Topliss-reactive ketones (excluding diaryl/α,β-unsaturated/α-hetero) is 1. The molecule has 1 saturated carbocycles. The zero-order valence-corrected chi connectivity index (χ0v) is 8.96. The summed E-state index contributed by atoms with van der Waals surface area (Å²) in [6.07, 6.45) is 9.30. The fourth-order valence-corrected chi connectivity index (χ4v) is 2.21. The zero-order chi connectivity index (χ0) is 10.2. The van der Waals surface area contributed by atoms with Gasteiger partial charge in [0.2, 0.25) is 0 Å². The van der Waals surface area contributed by atoms with E-state index in [4.69, 9.17) is 0 Å². The summed E-state index contributed by atoms with van der Waals surface area (Å²) in [5.41, 5.74) is 0. The van der Waals surface area contributed by atoms with Crippen molar-refractivity contribution in [3.8, 4) is 0 Å². The Morgan fingerprint density at radius 1 is 1.00 bits per heavy atom. The molecule has 0 N–H and O–H groups in total. The Hall–Kier alpha value is -0.370. The predicted molar refractivity (Wildman–Crippen MR) is 55.6 cm³/mol. The van der Waals surface area contributed by atoms with Gasteiger partial charge < -0.3 is 0 Å². The minimum Gasteiger partial charge on any atom is -0.299 e. The SMILES string of the molecule is [O]CCCCCC(=O)C1CCCCC1. The van der Waals surface area contributed by atoms with Crippen LogP contribution in [0.25, 0.3) is 0 Å². The number of rotatable bonds is 6. The van der Waals surface area contributed by atoms with E-state index in [1.54, 1.807) is 0 Å². The first-order valence-corrected chi connectivity index (χ1v) is 5.95. The molecule has 1 aliphatic carbocycles. The van der Waals surface area contributed by atoms with Gasteiger partial charge in [0.1, 0.15) is 5.78 Å². The second-order valence-electron chi connectivity index (χ2n) is 4.32. The van der Waals surface area contributed by atoms with Gasteiger partial charge in [0, 0.05) is 12.3 Å². The maximum Gasteiger partial charge on any atom is 0.135 e. The second-order valence-corrected chi connectivity index (χ2v) is 4.32. The highest BCUT2D eigenvalue weighted by Crippen LogP contribution is 2.25. The number of ketones is 1. The molecule has 1 aliphatic rings. The number of hydrogen-bond acceptors (Lipinski definition) is 1. The van der Waals surface area contributed by atoms with Gasteiger partial charge >= 0.3 is 0 Å². The fourth-order valence-electron chi connectivity index (χ4n) is 2.21. The van der Waals surface area contributed by atoms with Crippen LogP contribution in [0, 0.1) is 5.92 Å². The molecule has 14 heavy (non-hydrogen) atoms. The van der Waals surface area contributed by atoms with Crippen LogP contribution in [0.1, 0.15) is 57.8 Å². The molecule has 0 aromatic rings. The molecule has 0 bridgehead atoms. The van der Waals surface area contributed by atoms with Crippen LogP contribution in [-0.2, 0) is 9.90 Å². The van der Waals surface area contributed by atoms with Gasteiger partial charge in [-0.05, 0) is 25.7 Å². The van der Waals surface area contributed by atoms with Gasteiger partial charge in [-0.15, -0.1) is 0 Å². The average molecular weight is 197 g/mol. The third-order valence-corrected chi connectivity index (χ3v) is 3.13. The summed E-state index contributed by atoms with van der Waals surface area (Å²) < 4.78 is 0. The van der Waals surface area contributed by atoms with Crippen LogP contribution >= 0.6 is 0 Å². The molecule has 2 heteroatoms. The minimum atomic E-state index is 0.0115. The van der Waals surface area contributed by atoms with Gasteiger partial charge in [-0.3, -0.25) is 4.79 Å². The first kappa shape index (κ1) is 11.7. The lowest BCUT2D eigenvalue weighted by molar-refractivity contribution is -0.123. The van der Waals surface area contributed by atoms with Gasteiger partial charge in [0.25, 0.3) is 0 Å². The van der Waals surface area contributed by atoms with Crippen LogP contribution in [-0.4, -0.2) is 12.4 Å². The normalized spacial score (nSPS) is 18.4. The molecular weight excluding hydrogens is 176 g/mol. The predicted octanol–water partition coefficient (Wildman–Crippen LogP) is 3.13. The van der Waals surface area contributed by atoms with Gasteiger partial charge in [-0.1, -0.05) is 25.7 Å². The molecule has 0 saturated heterocycles. The number of carbonyl (C=O) groups excluding carboxylic acids is 1. The Morgan fingerprint density at radius 3 is 2.36 bits per heavy atom. The molecule has 0 aromatic carbocycles. The van der Waals surface area contributed by atoms with E-state index in [9.17, 15) is 9.90 Å². The van der Waals surface area contributed by atoms with Crippen LogP contribution in [0.15, 0.2) is 0 Å². The van der Waals surface area contributed by atoms with Gasteiger partial charge in [0.15, 0.2) is 0 Å². The van der Waals surface area contributed by atoms with Crippen molar-refractivity contribution in [3.63, 3.8) is 0 Å². The summed E-state index contributed by atoms with van der Waals surface area (Å²) in [6, 6.07) is 0. The lowest BCUT2D eigenvalue weighted by Crippen LogP contribution is -2.17. The summed E-state index contributed by atoms with van der Waals surface area (Å²) in [6.45, 7) is 0.0115. The number of hydrogen-bond donors (Lipinski definition) is 0. The van der Waals surface area contributed by atoms with Crippen molar-refractivity contribution in [2.45, 2.75) is 57.8 Å². The topological polar surface area (TPSA) is 37.0 Å². The molecule has 0 amide bonds. The van der Waals surface area contributed by atoms with Crippen molar-refractivity contribution in [1.82, 2.24) is 0 Å². The summed E-state index contributed by atoms with van der Waals surface area (Å²) in [5, 5.41) is 10.2. The third kappa shape index (κ3) is 4.23. The highest BCUT2D eigenvalue weighted by molar-refractivity contribution is 5.80. The van der Waals surface area contributed by atoms with E-state index in [1.165, 1.54) is 19.3 Å². The first-order valence-electron chi connectivity index (χ1n) is 5.95. The highest BCUT2D eigenvalue weighted by Gasteiger charge is 2.19. The molecule has 2 nitrogen and oxygen atoms in total. The molecule has 0 spiro atoms. The largest absolute Gasteiger partial charge is 0.299 e. The Bertz CT molecular complexity index is 160. The van der Waals surface area contributed by atoms with E-state index in [-0.39, 0.29) is 6.61 Å². The van der Waals surface area contributed by atoms with E-state index < -0.39 is 0 Å². The van der Waals surface area contributed by atoms with Gasteiger partial charge in [-0.2, -0.15) is 0 Å². The van der Waals surface area contributed by atoms with Gasteiger partial charge in [0.05, 0.1) is 6.61 Å². The minimum absolute atomic E-state index is 0.0115. The molecule has 81 valence electrons. The summed E-state index contributed by atoms with van der Waals surface area (Å²) in [5.74, 6) is 0.812. The Morgan fingerprint density at radius 2 is 1.71 bits per heavy atom. The average Bonchev–Trinajstić information content (AvgIpc) is 2.25. The van der Waals surface area contributed by atoms with E-state index in [2.05, 4.69) is 0 Å². The molecular formula is C12H21O2. The molecule has 1 rings (SSSR count). The second kappa shape index (κ2) is 6.99. The Labute approximate surface area is 86.7 Å². The lowest BCUT2D eigenvalue weighted by Gasteiger charge is -2.20. The van der Waals surface area contributed by atoms with Crippen molar-refractivity contribution < 1.29 is 9.90 Å². The van der Waals surface area contributed by atoms with Crippen LogP contribution in [0.4, 0.5) is 0 Å². The van der Waals surface area contributed by atoms with Crippen molar-refractivity contribution in [2.24, 2.45) is 5.92 Å². The zero-order valence-electron chi connectivity index (χ0n) is 8.96. The quantitative estimate of drug-likeness (QED) is 0.603. The molecule has 0 aliphatic heterocycles. The first-order chi connectivity index (χ1) is 6.84. The summed E-state index contributed by atoms with van der Waals surface area (Å²) in [4.78, 5) is 11.7. The third-order valence-electron chi connectivity index (χ3n) is 3.13. The van der Waals surface area contributed by atoms with Crippen LogP contribution in [0.5, 0.6) is 0 Å². The maximum absolute atomic E-state index is 11.7. The van der Waals surface area contributed by atoms with E-state index in [1.807, 2.05) is 0 Å². The Kier molecular flexibility index (Phi) is 5.85. The standard InChI is InChI=1S/C12H21O2/c13-10-6-2-5-9-12(14)11-7-3-1-4-8-11/h11H,1-10H2. The van der Waals surface area contributed by atoms with Crippen molar-refractivity contribution in [3.05, 3.63) is 0 Å². The van der Waals surface area contributed by atoms with Crippen molar-refractivity contribution >= 4 is 5.78 Å². The maximum atomic E-state index is 11.7. The van der Waals surface area contributed by atoms with Gasteiger partial charge in [-0.25, -0.2) is 5.11 Å². The molecule has 0 atom stereocenters.